The van der Waals surface area contributed by atoms with Crippen molar-refractivity contribution < 1.29 is 18.7 Å². The highest BCUT2D eigenvalue weighted by atomic mass is 32.2. The van der Waals surface area contributed by atoms with Crippen LogP contribution in [0.15, 0.2) is 64.5 Å². The van der Waals surface area contributed by atoms with Crippen LogP contribution in [0.2, 0.25) is 0 Å². The van der Waals surface area contributed by atoms with Crippen LogP contribution >= 0.6 is 0 Å². The molecule has 1 atom stereocenters. The molecule has 4 rings (SSSR count). The van der Waals surface area contributed by atoms with Crippen molar-refractivity contribution in [3.63, 3.8) is 0 Å². The number of benzene rings is 3. The molecule has 0 aromatic heterocycles. The van der Waals surface area contributed by atoms with E-state index in [2.05, 4.69) is 4.99 Å². The number of phenols is 1. The first-order valence-electron chi connectivity index (χ1n) is 7.17. The van der Waals surface area contributed by atoms with Gasteiger partial charge in [-0.1, -0.05) is 54.6 Å². The third-order valence-electron chi connectivity index (χ3n) is 4.03. The van der Waals surface area contributed by atoms with Gasteiger partial charge in [0.1, 0.15) is 5.75 Å². The Kier molecular flexibility index (Phi) is 3.30. The van der Waals surface area contributed by atoms with E-state index in [0.29, 0.717) is 22.0 Å². The van der Waals surface area contributed by atoms with Crippen LogP contribution in [0.3, 0.4) is 0 Å². The van der Waals surface area contributed by atoms with Crippen molar-refractivity contribution in [3.8, 4) is 5.75 Å². The number of hydrogen-bond donors (Lipinski definition) is 2. The first-order chi connectivity index (χ1) is 11.6. The summed E-state index contributed by atoms with van der Waals surface area (Å²) in [4.78, 5) is 16.4. The lowest BCUT2D eigenvalue weighted by molar-refractivity contribution is 0.100. The Hall–Kier alpha value is -2.83. The number of fused-ring (bicyclic) bond motifs is 2. The molecular weight excluding hydrogens is 326 g/mol. The van der Waals surface area contributed by atoms with Crippen LogP contribution in [0, 0.1) is 0 Å². The monoisotopic (exact) mass is 337 g/mol. The Balaban J connectivity index is 2.15. The zero-order chi connectivity index (χ0) is 16.8. The van der Waals surface area contributed by atoms with E-state index in [1.807, 2.05) is 6.07 Å². The van der Waals surface area contributed by atoms with Gasteiger partial charge in [0.25, 0.3) is 5.91 Å². The van der Waals surface area contributed by atoms with Crippen molar-refractivity contribution in [3.05, 3.63) is 71.3 Å². The van der Waals surface area contributed by atoms with Gasteiger partial charge in [0.15, 0.2) is 11.1 Å². The van der Waals surface area contributed by atoms with E-state index >= 15 is 0 Å². The summed E-state index contributed by atoms with van der Waals surface area (Å²) in [6.07, 6.45) is 0. The average molecular weight is 337 g/mol. The molecule has 1 amide bonds. The average Bonchev–Trinajstić information content (AvgIpc) is 2.93. The molecule has 0 saturated carbocycles. The maximum Gasteiger partial charge on any atom is 0.279 e. The number of rotatable bonds is 2. The van der Waals surface area contributed by atoms with E-state index in [1.54, 1.807) is 48.5 Å². The lowest BCUT2D eigenvalue weighted by Crippen LogP contribution is -2.06. The van der Waals surface area contributed by atoms with Crippen molar-refractivity contribution in [1.82, 2.24) is 0 Å². The Morgan fingerprint density at radius 2 is 1.50 bits per heavy atom. The van der Waals surface area contributed by atoms with Crippen molar-refractivity contribution in [2.45, 2.75) is 4.90 Å². The maximum atomic E-state index is 12.4. The van der Waals surface area contributed by atoms with E-state index in [9.17, 15) is 18.7 Å². The van der Waals surface area contributed by atoms with E-state index in [0.717, 1.165) is 0 Å². The summed E-state index contributed by atoms with van der Waals surface area (Å²) in [5.41, 5.74) is 1.17. The molecule has 1 aliphatic heterocycles. The molecule has 0 spiro atoms. The third-order valence-corrected chi connectivity index (χ3v) is 4.80. The highest BCUT2D eigenvalue weighted by molar-refractivity contribution is 7.79. The zero-order valence-corrected chi connectivity index (χ0v) is 13.1. The second kappa shape index (κ2) is 5.36. The summed E-state index contributed by atoms with van der Waals surface area (Å²) < 4.78 is 21.6. The van der Waals surface area contributed by atoms with Crippen LogP contribution in [0.4, 0.5) is 0 Å². The quantitative estimate of drug-likeness (QED) is 0.703. The Bertz CT molecular complexity index is 1060. The first-order valence-corrected chi connectivity index (χ1v) is 8.27. The van der Waals surface area contributed by atoms with Gasteiger partial charge in [-0.25, -0.2) is 9.20 Å². The number of aliphatic imine (C=N–C) groups is 1. The number of carbonyl (C=O) groups excluding carboxylic acids is 1. The second-order valence-corrected chi connectivity index (χ2v) is 6.26. The molecule has 1 aliphatic rings. The fraction of sp³-hybridized carbons (Fsp3) is 0. The van der Waals surface area contributed by atoms with E-state index < -0.39 is 17.0 Å². The molecule has 3 aromatic carbocycles. The second-order valence-electron chi connectivity index (χ2n) is 5.35. The first kappa shape index (κ1) is 14.7. The molecule has 2 N–H and O–H groups in total. The Morgan fingerprint density at radius 3 is 2.17 bits per heavy atom. The maximum absolute atomic E-state index is 12.4. The van der Waals surface area contributed by atoms with Crippen molar-refractivity contribution >= 4 is 33.5 Å². The van der Waals surface area contributed by atoms with Crippen LogP contribution in [-0.2, 0) is 11.1 Å². The molecule has 0 aliphatic carbocycles. The summed E-state index contributed by atoms with van der Waals surface area (Å²) in [6, 6.07) is 15.6. The number of amides is 1. The molecular formula is C18H11NO4S. The molecule has 0 saturated heterocycles. The van der Waals surface area contributed by atoms with Crippen LogP contribution in [-0.4, -0.2) is 25.5 Å². The molecule has 6 heteroatoms. The van der Waals surface area contributed by atoms with Gasteiger partial charge >= 0.3 is 0 Å². The summed E-state index contributed by atoms with van der Waals surface area (Å²) in [5, 5.41) is 11.5. The Morgan fingerprint density at radius 1 is 0.875 bits per heavy atom. The minimum Gasteiger partial charge on any atom is -0.507 e. The summed E-state index contributed by atoms with van der Waals surface area (Å²) in [5.74, 6) is -0.731. The fourth-order valence-corrected chi connectivity index (χ4v) is 3.75. The summed E-state index contributed by atoms with van der Waals surface area (Å²) in [7, 11) is 0. The van der Waals surface area contributed by atoms with E-state index in [-0.39, 0.29) is 21.8 Å². The van der Waals surface area contributed by atoms with Crippen LogP contribution in [0.1, 0.15) is 21.5 Å². The lowest BCUT2D eigenvalue weighted by Gasteiger charge is -2.12. The van der Waals surface area contributed by atoms with Crippen molar-refractivity contribution in [1.29, 1.82) is 0 Å². The van der Waals surface area contributed by atoms with E-state index in [1.165, 1.54) is 0 Å². The summed E-state index contributed by atoms with van der Waals surface area (Å²) >= 11 is -2.39. The smallest absolute Gasteiger partial charge is 0.279 e. The molecule has 5 nitrogen and oxygen atoms in total. The normalized spacial score (nSPS) is 14.5. The highest BCUT2D eigenvalue weighted by Crippen LogP contribution is 2.41. The van der Waals surface area contributed by atoms with Gasteiger partial charge in [-0.05, 0) is 0 Å². The van der Waals surface area contributed by atoms with Gasteiger partial charge in [-0.2, -0.15) is 0 Å². The van der Waals surface area contributed by atoms with Gasteiger partial charge in [-0.15, -0.1) is 0 Å². The number of carbonyl (C=O) groups is 1. The number of phenolic OH excluding ortho intramolecular Hbond substituents is 1. The number of hydrogen-bond acceptors (Lipinski definition) is 3. The van der Waals surface area contributed by atoms with Gasteiger partial charge < -0.3 is 9.66 Å². The topological polar surface area (TPSA) is 87.0 Å². The molecule has 118 valence electrons. The van der Waals surface area contributed by atoms with Crippen LogP contribution < -0.4 is 0 Å². The molecule has 0 bridgehead atoms. The zero-order valence-electron chi connectivity index (χ0n) is 12.3. The molecule has 0 radical (unpaired) electrons. The predicted octanol–water partition coefficient (Wildman–Crippen LogP) is 3.12. The number of nitrogens with zero attached hydrogens (tertiary/aromatic N) is 1. The van der Waals surface area contributed by atoms with Crippen molar-refractivity contribution in [2.75, 3.05) is 0 Å². The molecule has 24 heavy (non-hydrogen) atoms. The molecule has 1 heterocycles. The summed E-state index contributed by atoms with van der Waals surface area (Å²) in [6.45, 7) is 0. The molecule has 0 fully saturated rings. The van der Waals surface area contributed by atoms with Gasteiger partial charge in [-0.3, -0.25) is 4.79 Å². The molecule has 1 unspecified atom stereocenters. The van der Waals surface area contributed by atoms with Crippen LogP contribution in [0.25, 0.3) is 10.8 Å². The SMILES string of the molecule is O=C1N=C(c2ccccc2)c2c1c(S(=O)O)c1ccccc1c2O. The predicted molar refractivity (Wildman–Crippen MR) is 91.1 cm³/mol. The van der Waals surface area contributed by atoms with E-state index in [4.69, 9.17) is 0 Å². The van der Waals surface area contributed by atoms with Crippen LogP contribution in [0.5, 0.6) is 5.75 Å². The van der Waals surface area contributed by atoms with Crippen molar-refractivity contribution in [2.24, 2.45) is 4.99 Å². The minimum absolute atomic E-state index is 0.00844. The highest BCUT2D eigenvalue weighted by Gasteiger charge is 2.34. The standard InChI is InChI=1S/C18H11NO4S/c20-16-11-8-4-5-9-12(11)17(24(22)23)14-13(16)15(19-18(14)21)10-6-2-1-3-7-10/h1-9,20H,(H,22,23). The van der Waals surface area contributed by atoms with Gasteiger partial charge in [0.05, 0.1) is 21.7 Å². The Labute approximate surface area is 139 Å². The van der Waals surface area contributed by atoms with Gasteiger partial charge in [0.2, 0.25) is 0 Å². The fourth-order valence-electron chi connectivity index (χ4n) is 3.02. The minimum atomic E-state index is -2.39. The number of aromatic hydroxyl groups is 1. The third kappa shape index (κ3) is 2.01. The lowest BCUT2D eigenvalue weighted by atomic mass is 9.94. The largest absolute Gasteiger partial charge is 0.507 e. The van der Waals surface area contributed by atoms with Gasteiger partial charge in [0, 0.05) is 16.3 Å². The molecule has 3 aromatic rings.